The summed E-state index contributed by atoms with van der Waals surface area (Å²) in [6, 6.07) is 5.34. The molecular weight excluding hydrogens is 290 g/mol. The Balaban J connectivity index is 1.64. The van der Waals surface area contributed by atoms with E-state index >= 15 is 0 Å². The van der Waals surface area contributed by atoms with E-state index in [9.17, 15) is 4.79 Å². The number of aryl methyl sites for hydroxylation is 1. The Morgan fingerprint density at radius 1 is 1.43 bits per heavy atom. The SMILES string of the molecule is C[C@@H](Sc1nccn1C)C(=O)Nc1ccc2c(c1)OCO2. The fraction of sp³-hybridized carbons (Fsp3) is 0.286. The molecule has 0 saturated carbocycles. The van der Waals surface area contributed by atoms with Crippen molar-refractivity contribution in [2.24, 2.45) is 7.05 Å². The van der Waals surface area contributed by atoms with Gasteiger partial charge in [0.05, 0.1) is 5.25 Å². The molecule has 6 nitrogen and oxygen atoms in total. The highest BCUT2D eigenvalue weighted by atomic mass is 32.2. The second-order valence-electron chi connectivity index (χ2n) is 4.64. The molecule has 0 spiro atoms. The molecule has 1 atom stereocenters. The standard InChI is InChI=1S/C14H15N3O3S/c1-9(21-14-15-5-6-17(14)2)13(18)16-10-3-4-11-12(7-10)20-8-19-11/h3-7,9H,8H2,1-2H3,(H,16,18)/t9-/m1/s1. The fourth-order valence-electron chi connectivity index (χ4n) is 1.90. The lowest BCUT2D eigenvalue weighted by molar-refractivity contribution is -0.115. The van der Waals surface area contributed by atoms with Crippen LogP contribution in [0.1, 0.15) is 6.92 Å². The number of ether oxygens (including phenoxy) is 2. The monoisotopic (exact) mass is 305 g/mol. The number of aromatic nitrogens is 2. The highest BCUT2D eigenvalue weighted by Crippen LogP contribution is 2.34. The number of carbonyl (C=O) groups excluding carboxylic acids is 1. The van der Waals surface area contributed by atoms with Crippen molar-refractivity contribution in [2.45, 2.75) is 17.3 Å². The third-order valence-corrected chi connectivity index (χ3v) is 4.24. The number of hydrogen-bond donors (Lipinski definition) is 1. The van der Waals surface area contributed by atoms with Gasteiger partial charge in [-0.1, -0.05) is 11.8 Å². The van der Waals surface area contributed by atoms with Crippen LogP contribution < -0.4 is 14.8 Å². The van der Waals surface area contributed by atoms with E-state index in [0.29, 0.717) is 17.2 Å². The number of nitrogens with one attached hydrogen (secondary N) is 1. The zero-order valence-corrected chi connectivity index (χ0v) is 12.5. The molecule has 3 rings (SSSR count). The minimum absolute atomic E-state index is 0.0816. The lowest BCUT2D eigenvalue weighted by Crippen LogP contribution is -2.22. The van der Waals surface area contributed by atoms with Crippen LogP contribution in [-0.4, -0.2) is 27.5 Å². The summed E-state index contributed by atoms with van der Waals surface area (Å²) in [7, 11) is 1.90. The molecule has 1 aromatic carbocycles. The highest BCUT2D eigenvalue weighted by Gasteiger charge is 2.18. The topological polar surface area (TPSA) is 65.4 Å². The number of imidazole rings is 1. The number of anilines is 1. The van der Waals surface area contributed by atoms with Crippen molar-refractivity contribution in [3.8, 4) is 11.5 Å². The molecule has 0 bridgehead atoms. The smallest absolute Gasteiger partial charge is 0.237 e. The van der Waals surface area contributed by atoms with Crippen LogP contribution in [0.3, 0.4) is 0 Å². The third kappa shape index (κ3) is 2.97. The number of thioether (sulfide) groups is 1. The second-order valence-corrected chi connectivity index (χ2v) is 5.95. The van der Waals surface area contributed by atoms with Crippen LogP contribution in [0.2, 0.25) is 0 Å². The maximum atomic E-state index is 12.2. The van der Waals surface area contributed by atoms with Gasteiger partial charge in [0.15, 0.2) is 16.7 Å². The summed E-state index contributed by atoms with van der Waals surface area (Å²) >= 11 is 1.41. The molecule has 2 aromatic rings. The van der Waals surface area contributed by atoms with Crippen molar-refractivity contribution in [3.05, 3.63) is 30.6 Å². The van der Waals surface area contributed by atoms with Crippen LogP contribution in [-0.2, 0) is 11.8 Å². The molecular formula is C14H15N3O3S. The molecule has 2 heterocycles. The molecule has 0 unspecified atom stereocenters. The van der Waals surface area contributed by atoms with Gasteiger partial charge in [0.1, 0.15) is 0 Å². The lowest BCUT2D eigenvalue weighted by atomic mass is 10.2. The zero-order chi connectivity index (χ0) is 14.8. The van der Waals surface area contributed by atoms with E-state index in [2.05, 4.69) is 10.3 Å². The average Bonchev–Trinajstić information content (AvgIpc) is 3.07. The molecule has 0 fully saturated rings. The van der Waals surface area contributed by atoms with Gasteiger partial charge in [-0.3, -0.25) is 4.79 Å². The van der Waals surface area contributed by atoms with Crippen molar-refractivity contribution >= 4 is 23.4 Å². The Kier molecular flexibility index (Phi) is 3.74. The number of benzene rings is 1. The summed E-state index contributed by atoms with van der Waals surface area (Å²) in [5.74, 6) is 1.27. The predicted molar refractivity (Wildman–Crippen MR) is 79.7 cm³/mol. The maximum Gasteiger partial charge on any atom is 0.237 e. The summed E-state index contributed by atoms with van der Waals surface area (Å²) in [4.78, 5) is 16.4. The number of rotatable bonds is 4. The van der Waals surface area contributed by atoms with Crippen LogP contribution >= 0.6 is 11.8 Å². The summed E-state index contributed by atoms with van der Waals surface area (Å²) in [6.45, 7) is 2.07. The van der Waals surface area contributed by atoms with Crippen molar-refractivity contribution in [2.75, 3.05) is 12.1 Å². The van der Waals surface area contributed by atoms with Crippen LogP contribution in [0, 0.1) is 0 Å². The van der Waals surface area contributed by atoms with E-state index in [0.717, 1.165) is 5.16 Å². The van der Waals surface area contributed by atoms with Gasteiger partial charge in [0.25, 0.3) is 0 Å². The summed E-state index contributed by atoms with van der Waals surface area (Å²) in [5.41, 5.74) is 0.691. The summed E-state index contributed by atoms with van der Waals surface area (Å²) in [6.07, 6.45) is 3.57. The van der Waals surface area contributed by atoms with E-state index in [1.54, 1.807) is 24.4 Å². The average molecular weight is 305 g/mol. The molecule has 0 radical (unpaired) electrons. The second kappa shape index (κ2) is 5.69. The van der Waals surface area contributed by atoms with E-state index < -0.39 is 0 Å². The van der Waals surface area contributed by atoms with Crippen LogP contribution in [0.5, 0.6) is 11.5 Å². The Morgan fingerprint density at radius 3 is 3.00 bits per heavy atom. The number of carbonyl (C=O) groups is 1. The van der Waals surface area contributed by atoms with Gasteiger partial charge >= 0.3 is 0 Å². The van der Waals surface area contributed by atoms with Gasteiger partial charge in [-0.25, -0.2) is 4.98 Å². The minimum atomic E-state index is -0.253. The molecule has 0 saturated heterocycles. The van der Waals surface area contributed by atoms with Crippen molar-refractivity contribution in [1.29, 1.82) is 0 Å². The van der Waals surface area contributed by atoms with Gasteiger partial charge in [0, 0.05) is 31.2 Å². The Labute approximate surface area is 126 Å². The van der Waals surface area contributed by atoms with Gasteiger partial charge < -0.3 is 19.4 Å². The van der Waals surface area contributed by atoms with Gasteiger partial charge in [-0.2, -0.15) is 0 Å². The quantitative estimate of drug-likeness (QED) is 0.878. The van der Waals surface area contributed by atoms with Crippen LogP contribution in [0.4, 0.5) is 5.69 Å². The summed E-state index contributed by atoms with van der Waals surface area (Å²) in [5, 5.41) is 3.43. The number of hydrogen-bond acceptors (Lipinski definition) is 5. The first-order valence-electron chi connectivity index (χ1n) is 6.48. The lowest BCUT2D eigenvalue weighted by Gasteiger charge is -2.12. The molecule has 0 aliphatic carbocycles. The van der Waals surface area contributed by atoms with E-state index in [-0.39, 0.29) is 18.0 Å². The molecule has 1 aromatic heterocycles. The molecule has 1 N–H and O–H groups in total. The largest absolute Gasteiger partial charge is 0.454 e. The van der Waals surface area contributed by atoms with Gasteiger partial charge in [-0.15, -0.1) is 0 Å². The number of fused-ring (bicyclic) bond motifs is 1. The first-order valence-corrected chi connectivity index (χ1v) is 7.36. The number of nitrogens with zero attached hydrogens (tertiary/aromatic N) is 2. The van der Waals surface area contributed by atoms with Crippen molar-refractivity contribution in [3.63, 3.8) is 0 Å². The zero-order valence-electron chi connectivity index (χ0n) is 11.7. The third-order valence-electron chi connectivity index (χ3n) is 3.07. The highest BCUT2D eigenvalue weighted by molar-refractivity contribution is 8.00. The van der Waals surface area contributed by atoms with Crippen LogP contribution in [0.15, 0.2) is 35.7 Å². The van der Waals surface area contributed by atoms with Gasteiger partial charge in [-0.05, 0) is 19.1 Å². The van der Waals surface area contributed by atoms with Crippen molar-refractivity contribution < 1.29 is 14.3 Å². The Morgan fingerprint density at radius 2 is 2.24 bits per heavy atom. The maximum absolute atomic E-state index is 12.2. The summed E-state index contributed by atoms with van der Waals surface area (Å²) < 4.78 is 12.4. The van der Waals surface area contributed by atoms with Crippen molar-refractivity contribution in [1.82, 2.24) is 9.55 Å². The predicted octanol–water partition coefficient (Wildman–Crippen LogP) is 2.27. The van der Waals surface area contributed by atoms with E-state index in [4.69, 9.17) is 9.47 Å². The minimum Gasteiger partial charge on any atom is -0.454 e. The Bertz CT molecular complexity index is 671. The molecule has 1 aliphatic heterocycles. The normalized spacial score (nSPS) is 14.0. The Hall–Kier alpha value is -2.15. The molecule has 7 heteroatoms. The van der Waals surface area contributed by atoms with Crippen LogP contribution in [0.25, 0.3) is 0 Å². The molecule has 21 heavy (non-hydrogen) atoms. The first kappa shape index (κ1) is 13.8. The van der Waals surface area contributed by atoms with E-state index in [1.807, 2.05) is 24.7 Å². The molecule has 1 amide bonds. The molecule has 110 valence electrons. The molecule has 1 aliphatic rings. The first-order chi connectivity index (χ1) is 10.1. The van der Waals surface area contributed by atoms with Gasteiger partial charge in [0.2, 0.25) is 12.7 Å². The van der Waals surface area contributed by atoms with E-state index in [1.165, 1.54) is 11.8 Å². The fourth-order valence-corrected chi connectivity index (χ4v) is 2.73. The number of amides is 1.